The molecule has 0 bridgehead atoms. The van der Waals surface area contributed by atoms with Crippen molar-refractivity contribution >= 4 is 23.3 Å². The first kappa shape index (κ1) is 53.6. The normalized spacial score (nSPS) is 11.6. The number of aliphatic carboxylic acids is 1. The van der Waals surface area contributed by atoms with Crippen molar-refractivity contribution < 1.29 is 89.4 Å². The van der Waals surface area contributed by atoms with E-state index in [0.717, 1.165) is 12.1 Å². The summed E-state index contributed by atoms with van der Waals surface area (Å²) in [5, 5.41) is 11.4. The van der Waals surface area contributed by atoms with Crippen LogP contribution in [-0.2, 0) is 72.6 Å². The molecule has 0 unspecified atom stereocenters. The van der Waals surface area contributed by atoms with Crippen molar-refractivity contribution in [2.45, 2.75) is 12.6 Å². The summed E-state index contributed by atoms with van der Waals surface area (Å²) >= 11 is 0. The van der Waals surface area contributed by atoms with Crippen molar-refractivity contribution in [3.8, 4) is 0 Å². The van der Waals surface area contributed by atoms with Crippen LogP contribution in [0, 0.1) is 0 Å². The molecule has 2 N–H and O–H groups in total. The summed E-state index contributed by atoms with van der Waals surface area (Å²) in [6.07, 6.45) is -4.50. The maximum Gasteiger partial charge on any atom is 0.416 e. The highest BCUT2D eigenvalue weighted by molar-refractivity contribution is 5.96. The number of carboxylic acid groups (broad SMARTS) is 1. The van der Waals surface area contributed by atoms with Crippen molar-refractivity contribution in [3.63, 3.8) is 0 Å². The number of ether oxygens (including phenoxy) is 13. The lowest BCUT2D eigenvalue weighted by molar-refractivity contribution is -0.139. The molecule has 17 nitrogen and oxygen atoms in total. The Hall–Kier alpha value is -3.51. The third-order valence-electron chi connectivity index (χ3n) is 7.63. The standard InChI is InChI=1S/C41H62F3NO16/c42-41(43,44)35-4-3-5-36(34-35)45-38-7-2-1-6-37(38)40(48)61-33-32-60-31-30-59-29-28-58-27-26-57-25-24-56-23-22-55-21-20-54-19-18-53-17-16-52-15-14-51-13-12-50-11-10-49-9-8-39(46)47/h1-7,34,45H,8-33H2,(H,46,47). The number of halogens is 3. The van der Waals surface area contributed by atoms with Crippen LogP contribution in [0.1, 0.15) is 22.3 Å². The fourth-order valence-corrected chi connectivity index (χ4v) is 4.65. The van der Waals surface area contributed by atoms with E-state index < -0.39 is 23.7 Å². The molecular formula is C41H62F3NO16. The molecule has 0 aliphatic carbocycles. The molecule has 2 aromatic rings. The number of benzene rings is 2. The van der Waals surface area contributed by atoms with Crippen molar-refractivity contribution in [2.24, 2.45) is 0 Å². The van der Waals surface area contributed by atoms with Gasteiger partial charge in [-0.3, -0.25) is 4.79 Å². The van der Waals surface area contributed by atoms with Gasteiger partial charge in [0.15, 0.2) is 0 Å². The van der Waals surface area contributed by atoms with Crippen molar-refractivity contribution in [2.75, 3.05) is 170 Å². The molecule has 0 atom stereocenters. The van der Waals surface area contributed by atoms with Crippen LogP contribution in [-0.4, -0.2) is 182 Å². The van der Waals surface area contributed by atoms with Gasteiger partial charge in [0, 0.05) is 5.69 Å². The molecule has 0 saturated heterocycles. The minimum absolute atomic E-state index is 0.0102. The summed E-state index contributed by atoms with van der Waals surface area (Å²) in [6.45, 7) is 9.56. The Morgan fingerprint density at radius 3 is 1.16 bits per heavy atom. The van der Waals surface area contributed by atoms with E-state index in [0.29, 0.717) is 151 Å². The van der Waals surface area contributed by atoms with Gasteiger partial charge in [0.2, 0.25) is 0 Å². The first-order valence-corrected chi connectivity index (χ1v) is 20.1. The van der Waals surface area contributed by atoms with Gasteiger partial charge in [0.25, 0.3) is 0 Å². The summed E-state index contributed by atoms with van der Waals surface area (Å²) in [7, 11) is 0. The minimum Gasteiger partial charge on any atom is -0.481 e. The van der Waals surface area contributed by atoms with Crippen LogP contribution < -0.4 is 5.32 Å². The van der Waals surface area contributed by atoms with Crippen LogP contribution in [0.15, 0.2) is 48.5 Å². The monoisotopic (exact) mass is 881 g/mol. The first-order valence-electron chi connectivity index (χ1n) is 20.1. The number of rotatable bonds is 42. The van der Waals surface area contributed by atoms with Crippen LogP contribution in [0.4, 0.5) is 24.5 Å². The number of carboxylic acids is 1. The van der Waals surface area contributed by atoms with Gasteiger partial charge >= 0.3 is 18.1 Å². The highest BCUT2D eigenvalue weighted by Gasteiger charge is 2.30. The largest absolute Gasteiger partial charge is 0.481 e. The van der Waals surface area contributed by atoms with Gasteiger partial charge < -0.3 is 72.0 Å². The van der Waals surface area contributed by atoms with Crippen molar-refractivity contribution in [1.29, 1.82) is 0 Å². The molecular weight excluding hydrogens is 819 g/mol. The molecule has 0 aliphatic rings. The van der Waals surface area contributed by atoms with Gasteiger partial charge in [-0.2, -0.15) is 13.2 Å². The number of hydrogen-bond acceptors (Lipinski definition) is 16. The van der Waals surface area contributed by atoms with Crippen LogP contribution in [0.5, 0.6) is 0 Å². The number of esters is 1. The van der Waals surface area contributed by atoms with E-state index >= 15 is 0 Å². The topological polar surface area (TPSA) is 186 Å². The summed E-state index contributed by atoms with van der Waals surface area (Å²) in [5.41, 5.74) is -0.114. The molecule has 0 saturated carbocycles. The highest BCUT2D eigenvalue weighted by atomic mass is 19.4. The fourth-order valence-electron chi connectivity index (χ4n) is 4.65. The second-order valence-corrected chi connectivity index (χ2v) is 12.4. The Bertz CT molecular complexity index is 1380. The Morgan fingerprint density at radius 1 is 0.459 bits per heavy atom. The van der Waals surface area contributed by atoms with Crippen molar-refractivity contribution in [1.82, 2.24) is 0 Å². The zero-order valence-electron chi connectivity index (χ0n) is 34.7. The van der Waals surface area contributed by atoms with E-state index in [1.54, 1.807) is 18.2 Å². The van der Waals surface area contributed by atoms with Crippen LogP contribution in [0.25, 0.3) is 0 Å². The molecule has 0 aromatic heterocycles. The predicted octanol–water partition coefficient (Wildman–Crippen LogP) is 4.28. The first-order chi connectivity index (χ1) is 29.8. The number of alkyl halides is 3. The highest BCUT2D eigenvalue weighted by Crippen LogP contribution is 2.32. The van der Waals surface area contributed by atoms with Crippen LogP contribution >= 0.6 is 0 Å². The quantitative estimate of drug-likeness (QED) is 0.0710. The lowest BCUT2D eigenvalue weighted by atomic mass is 10.1. The maximum absolute atomic E-state index is 13.1. The molecule has 0 heterocycles. The Morgan fingerprint density at radius 2 is 0.803 bits per heavy atom. The van der Waals surface area contributed by atoms with Gasteiger partial charge in [-0.1, -0.05) is 18.2 Å². The Balaban J connectivity index is 1.24. The second kappa shape index (κ2) is 37.1. The molecule has 348 valence electrons. The maximum atomic E-state index is 13.1. The summed E-state index contributed by atoms with van der Waals surface area (Å²) in [6, 6.07) is 11.1. The number of nitrogens with one attached hydrogen (secondary N) is 1. The smallest absolute Gasteiger partial charge is 0.416 e. The minimum atomic E-state index is -4.48. The number of hydrogen-bond donors (Lipinski definition) is 2. The van der Waals surface area contributed by atoms with E-state index in [4.69, 9.17) is 66.7 Å². The lowest BCUT2D eigenvalue weighted by Crippen LogP contribution is -2.16. The van der Waals surface area contributed by atoms with Crippen molar-refractivity contribution in [3.05, 3.63) is 59.7 Å². The van der Waals surface area contributed by atoms with Crippen LogP contribution in [0.2, 0.25) is 0 Å². The van der Waals surface area contributed by atoms with Gasteiger partial charge in [-0.25, -0.2) is 4.79 Å². The van der Waals surface area contributed by atoms with E-state index in [1.165, 1.54) is 18.2 Å². The van der Waals surface area contributed by atoms with E-state index in [9.17, 15) is 22.8 Å². The van der Waals surface area contributed by atoms with Gasteiger partial charge in [0.1, 0.15) is 6.61 Å². The summed E-state index contributed by atoms with van der Waals surface area (Å²) < 4.78 is 109. The average molecular weight is 882 g/mol. The average Bonchev–Trinajstić information content (AvgIpc) is 3.24. The summed E-state index contributed by atoms with van der Waals surface area (Å²) in [4.78, 5) is 23.0. The molecule has 61 heavy (non-hydrogen) atoms. The van der Waals surface area contributed by atoms with Gasteiger partial charge in [-0.15, -0.1) is 0 Å². The third kappa shape index (κ3) is 31.1. The zero-order chi connectivity index (χ0) is 43.9. The SMILES string of the molecule is O=C(O)CCOCCOCCOCCOCCOCCOCCOCCOCCOCCOCCOCCOCCOC(=O)c1ccccc1Nc1cccc(C(F)(F)F)c1. The summed E-state index contributed by atoms with van der Waals surface area (Å²) in [5.74, 6) is -1.52. The van der Waals surface area contributed by atoms with E-state index in [2.05, 4.69) is 5.32 Å². The number of para-hydroxylation sites is 1. The molecule has 20 heteroatoms. The molecule has 0 spiro atoms. The van der Waals surface area contributed by atoms with Crippen LogP contribution in [0.3, 0.4) is 0 Å². The fraction of sp³-hybridized carbons (Fsp3) is 0.659. The van der Waals surface area contributed by atoms with E-state index in [1.807, 2.05) is 0 Å². The Kier molecular flexibility index (Phi) is 32.6. The molecule has 0 fully saturated rings. The number of anilines is 2. The van der Waals surface area contributed by atoms with Gasteiger partial charge in [-0.05, 0) is 30.3 Å². The molecule has 0 radical (unpaired) electrons. The number of carbonyl (C=O) groups excluding carboxylic acids is 1. The zero-order valence-corrected chi connectivity index (χ0v) is 34.7. The molecule has 2 aromatic carbocycles. The molecule has 0 amide bonds. The van der Waals surface area contributed by atoms with E-state index in [-0.39, 0.29) is 37.5 Å². The molecule has 2 rings (SSSR count). The number of carbonyl (C=O) groups is 2. The predicted molar refractivity (Wildman–Crippen MR) is 214 cm³/mol. The molecule has 0 aliphatic heterocycles. The Labute approximate surface area is 355 Å². The second-order valence-electron chi connectivity index (χ2n) is 12.4. The van der Waals surface area contributed by atoms with Gasteiger partial charge in [0.05, 0.1) is 182 Å². The lowest BCUT2D eigenvalue weighted by Gasteiger charge is -2.13. The third-order valence-corrected chi connectivity index (χ3v) is 7.63.